The van der Waals surface area contributed by atoms with Crippen molar-refractivity contribution in [2.75, 3.05) is 13.1 Å². The molecule has 5 heteroatoms. The molecule has 0 spiro atoms. The lowest BCUT2D eigenvalue weighted by Gasteiger charge is -2.24. The third-order valence-electron chi connectivity index (χ3n) is 4.41. The second-order valence-corrected chi connectivity index (χ2v) is 6.36. The molecule has 1 aromatic carbocycles. The number of aliphatic hydroxyl groups is 1. The molecule has 1 aromatic heterocycles. The van der Waals surface area contributed by atoms with Crippen molar-refractivity contribution in [2.45, 2.75) is 32.0 Å². The van der Waals surface area contributed by atoms with Crippen LogP contribution in [0.4, 0.5) is 0 Å². The number of nitrogens with one attached hydrogen (secondary N) is 1. The summed E-state index contributed by atoms with van der Waals surface area (Å²) < 4.78 is 0. The van der Waals surface area contributed by atoms with Crippen LogP contribution in [0.3, 0.4) is 0 Å². The molecular weight excluding hydrogens is 302 g/mol. The number of pyridine rings is 1. The summed E-state index contributed by atoms with van der Waals surface area (Å²) in [6, 6.07) is 13.9. The van der Waals surface area contributed by atoms with Gasteiger partial charge in [0.05, 0.1) is 11.7 Å². The Bertz CT molecular complexity index is 673. The van der Waals surface area contributed by atoms with Crippen molar-refractivity contribution in [3.05, 3.63) is 65.5 Å². The predicted molar refractivity (Wildman–Crippen MR) is 92.6 cm³/mol. The number of aryl methyl sites for hydroxylation is 1. The Hall–Kier alpha value is -2.24. The van der Waals surface area contributed by atoms with Crippen molar-refractivity contribution >= 4 is 5.91 Å². The van der Waals surface area contributed by atoms with Crippen LogP contribution in [-0.2, 0) is 6.54 Å². The maximum atomic E-state index is 12.2. The molecule has 5 nitrogen and oxygen atoms in total. The van der Waals surface area contributed by atoms with Gasteiger partial charge in [0.25, 0.3) is 5.91 Å². The van der Waals surface area contributed by atoms with E-state index >= 15 is 0 Å². The van der Waals surface area contributed by atoms with Crippen LogP contribution in [-0.4, -0.2) is 46.1 Å². The van der Waals surface area contributed by atoms with Crippen LogP contribution in [0, 0.1) is 6.92 Å². The van der Waals surface area contributed by atoms with E-state index in [1.807, 2.05) is 31.2 Å². The van der Waals surface area contributed by atoms with Crippen LogP contribution in [0.1, 0.15) is 28.0 Å². The number of rotatable bonds is 5. The molecule has 0 aliphatic carbocycles. The van der Waals surface area contributed by atoms with Gasteiger partial charge in [-0.15, -0.1) is 0 Å². The average Bonchev–Trinajstić information content (AvgIpc) is 2.93. The number of amides is 1. The molecule has 1 aliphatic heterocycles. The monoisotopic (exact) mass is 325 g/mol. The lowest BCUT2D eigenvalue weighted by molar-refractivity contribution is 0.0939. The Morgan fingerprint density at radius 3 is 2.79 bits per heavy atom. The Labute approximate surface area is 142 Å². The molecule has 0 radical (unpaired) electrons. The molecule has 1 saturated heterocycles. The number of β-amino-alcohol motifs (C(OH)–C–C–N with tert-alkyl or cyclic N) is 1. The summed E-state index contributed by atoms with van der Waals surface area (Å²) in [5.41, 5.74) is 2.67. The van der Waals surface area contributed by atoms with Gasteiger partial charge in [-0.25, -0.2) is 0 Å². The summed E-state index contributed by atoms with van der Waals surface area (Å²) in [5.74, 6) is -0.122. The first kappa shape index (κ1) is 16.6. The molecule has 0 saturated carbocycles. The van der Waals surface area contributed by atoms with Crippen LogP contribution in [0.25, 0.3) is 0 Å². The van der Waals surface area contributed by atoms with Crippen molar-refractivity contribution in [1.82, 2.24) is 15.2 Å². The lowest BCUT2D eigenvalue weighted by Crippen LogP contribution is -2.39. The minimum Gasteiger partial charge on any atom is -0.392 e. The molecule has 3 rings (SSSR count). The predicted octanol–water partition coefficient (Wildman–Crippen LogP) is 1.76. The number of carbonyl (C=O) groups excluding carboxylic acids is 1. The first-order chi connectivity index (χ1) is 11.6. The second kappa shape index (κ2) is 7.55. The number of likely N-dealkylation sites (tertiary alicyclic amines) is 1. The standard InChI is InChI=1S/C19H23N3O2/c1-14-7-8-16(10-20-14)19(24)21-11-17-9-18(23)13-22(17)12-15-5-3-2-4-6-15/h2-8,10,17-18,23H,9,11-13H2,1H3,(H,21,24). The van der Waals surface area contributed by atoms with Gasteiger partial charge in [0.15, 0.2) is 0 Å². The zero-order valence-electron chi connectivity index (χ0n) is 13.9. The number of benzene rings is 1. The Kier molecular flexibility index (Phi) is 5.23. The number of aliphatic hydroxyl groups excluding tert-OH is 1. The third-order valence-corrected chi connectivity index (χ3v) is 4.41. The number of nitrogens with zero attached hydrogens (tertiary/aromatic N) is 2. The van der Waals surface area contributed by atoms with E-state index in [4.69, 9.17) is 0 Å². The van der Waals surface area contributed by atoms with Crippen LogP contribution in [0.15, 0.2) is 48.7 Å². The van der Waals surface area contributed by atoms with Crippen LogP contribution in [0.2, 0.25) is 0 Å². The van der Waals surface area contributed by atoms with Gasteiger partial charge in [0, 0.05) is 37.6 Å². The van der Waals surface area contributed by atoms with Gasteiger partial charge in [-0.1, -0.05) is 30.3 Å². The molecule has 0 bridgehead atoms. The van der Waals surface area contributed by atoms with E-state index in [1.54, 1.807) is 12.3 Å². The molecule has 2 heterocycles. The Balaban J connectivity index is 1.58. The van der Waals surface area contributed by atoms with Gasteiger partial charge in [-0.05, 0) is 31.0 Å². The van der Waals surface area contributed by atoms with Crippen molar-refractivity contribution in [3.63, 3.8) is 0 Å². The largest absolute Gasteiger partial charge is 0.392 e. The van der Waals surface area contributed by atoms with E-state index in [0.717, 1.165) is 12.2 Å². The van der Waals surface area contributed by atoms with Gasteiger partial charge in [0.1, 0.15) is 0 Å². The minimum atomic E-state index is -0.336. The zero-order valence-corrected chi connectivity index (χ0v) is 13.9. The fraction of sp³-hybridized carbons (Fsp3) is 0.368. The number of carbonyl (C=O) groups is 1. The van der Waals surface area contributed by atoms with Crippen molar-refractivity contribution in [2.24, 2.45) is 0 Å². The van der Waals surface area contributed by atoms with Crippen molar-refractivity contribution in [3.8, 4) is 0 Å². The highest BCUT2D eigenvalue weighted by atomic mass is 16.3. The van der Waals surface area contributed by atoms with E-state index in [9.17, 15) is 9.90 Å². The molecule has 1 amide bonds. The minimum absolute atomic E-state index is 0.122. The lowest BCUT2D eigenvalue weighted by atomic mass is 10.1. The SMILES string of the molecule is Cc1ccc(C(=O)NCC2CC(O)CN2Cc2ccccc2)cn1. The first-order valence-electron chi connectivity index (χ1n) is 8.28. The average molecular weight is 325 g/mol. The third kappa shape index (κ3) is 4.19. The maximum absolute atomic E-state index is 12.2. The normalized spacial score (nSPS) is 20.9. The van der Waals surface area contributed by atoms with Crippen LogP contribution < -0.4 is 5.32 Å². The number of hydrogen-bond acceptors (Lipinski definition) is 4. The summed E-state index contributed by atoms with van der Waals surface area (Å²) >= 11 is 0. The van der Waals surface area contributed by atoms with Gasteiger partial charge < -0.3 is 10.4 Å². The van der Waals surface area contributed by atoms with Gasteiger partial charge in [0.2, 0.25) is 0 Å². The molecule has 2 aromatic rings. The highest BCUT2D eigenvalue weighted by Gasteiger charge is 2.31. The Morgan fingerprint density at radius 2 is 2.08 bits per heavy atom. The van der Waals surface area contributed by atoms with Gasteiger partial charge in [-0.2, -0.15) is 0 Å². The Morgan fingerprint density at radius 1 is 1.29 bits per heavy atom. The summed E-state index contributed by atoms with van der Waals surface area (Å²) in [5, 5.41) is 13.0. The summed E-state index contributed by atoms with van der Waals surface area (Å²) in [6.45, 7) is 3.84. The highest BCUT2D eigenvalue weighted by Crippen LogP contribution is 2.20. The number of hydrogen-bond donors (Lipinski definition) is 2. The van der Waals surface area contributed by atoms with E-state index in [1.165, 1.54) is 5.56 Å². The fourth-order valence-corrected chi connectivity index (χ4v) is 3.10. The fourth-order valence-electron chi connectivity index (χ4n) is 3.10. The van der Waals surface area contributed by atoms with Crippen molar-refractivity contribution < 1.29 is 9.90 Å². The molecule has 1 fully saturated rings. The molecular formula is C19H23N3O2. The molecule has 1 aliphatic rings. The summed E-state index contributed by atoms with van der Waals surface area (Å²) in [6.07, 6.45) is 1.94. The first-order valence-corrected chi connectivity index (χ1v) is 8.28. The molecule has 2 atom stereocenters. The number of aromatic nitrogens is 1. The quantitative estimate of drug-likeness (QED) is 0.879. The second-order valence-electron chi connectivity index (χ2n) is 6.36. The van der Waals surface area contributed by atoms with Crippen molar-refractivity contribution in [1.29, 1.82) is 0 Å². The van der Waals surface area contributed by atoms with E-state index in [2.05, 4.69) is 27.3 Å². The zero-order chi connectivity index (χ0) is 16.9. The smallest absolute Gasteiger partial charge is 0.252 e. The van der Waals surface area contributed by atoms with Gasteiger partial charge in [-0.3, -0.25) is 14.7 Å². The van der Waals surface area contributed by atoms with Crippen LogP contribution in [0.5, 0.6) is 0 Å². The van der Waals surface area contributed by atoms with E-state index in [0.29, 0.717) is 25.1 Å². The molecule has 2 N–H and O–H groups in total. The van der Waals surface area contributed by atoms with E-state index in [-0.39, 0.29) is 18.1 Å². The topological polar surface area (TPSA) is 65.5 Å². The summed E-state index contributed by atoms with van der Waals surface area (Å²) in [7, 11) is 0. The molecule has 126 valence electrons. The maximum Gasteiger partial charge on any atom is 0.252 e. The molecule has 2 unspecified atom stereocenters. The summed E-state index contributed by atoms with van der Waals surface area (Å²) in [4.78, 5) is 18.6. The highest BCUT2D eigenvalue weighted by molar-refractivity contribution is 5.93. The van der Waals surface area contributed by atoms with Crippen LogP contribution >= 0.6 is 0 Å². The van der Waals surface area contributed by atoms with E-state index < -0.39 is 0 Å². The molecule has 24 heavy (non-hydrogen) atoms. The van der Waals surface area contributed by atoms with Gasteiger partial charge >= 0.3 is 0 Å².